The summed E-state index contributed by atoms with van der Waals surface area (Å²) in [6, 6.07) is 13.6. The lowest BCUT2D eigenvalue weighted by Crippen LogP contribution is -2.19. The number of thiazole rings is 1. The molecule has 1 heterocycles. The number of fused-ring (bicyclic) bond motifs is 1. The van der Waals surface area contributed by atoms with Gasteiger partial charge in [-0.25, -0.2) is 9.37 Å². The zero-order valence-electron chi connectivity index (χ0n) is 12.6. The highest BCUT2D eigenvalue weighted by atomic mass is 32.1. The Morgan fingerprint density at radius 1 is 1.26 bits per heavy atom. The molecular formula is C17H17FN2O2S. The summed E-state index contributed by atoms with van der Waals surface area (Å²) in [5.41, 5.74) is 3.00. The lowest BCUT2D eigenvalue weighted by molar-refractivity contribution is 0.0842. The first-order valence-corrected chi connectivity index (χ1v) is 8.07. The van der Waals surface area contributed by atoms with E-state index in [-0.39, 0.29) is 6.61 Å². The summed E-state index contributed by atoms with van der Waals surface area (Å²) >= 11 is 1.57. The molecule has 2 aromatic carbocycles. The van der Waals surface area contributed by atoms with E-state index in [4.69, 9.17) is 4.74 Å². The summed E-state index contributed by atoms with van der Waals surface area (Å²) < 4.78 is 18.6. The first kappa shape index (κ1) is 15.7. The summed E-state index contributed by atoms with van der Waals surface area (Å²) in [6.07, 6.45) is -1.09. The van der Waals surface area contributed by atoms with Gasteiger partial charge in [0.2, 0.25) is 0 Å². The van der Waals surface area contributed by atoms with Gasteiger partial charge in [-0.2, -0.15) is 0 Å². The molecule has 0 aliphatic rings. The predicted molar refractivity (Wildman–Crippen MR) is 92.1 cm³/mol. The molecule has 0 fully saturated rings. The van der Waals surface area contributed by atoms with Crippen LogP contribution in [0.15, 0.2) is 42.5 Å². The minimum Gasteiger partial charge on any atom is -0.491 e. The maximum Gasteiger partial charge on any atom is 0.124 e. The van der Waals surface area contributed by atoms with Crippen LogP contribution in [0.25, 0.3) is 20.8 Å². The number of aliphatic hydroxyl groups is 1. The Balaban J connectivity index is 1.83. The van der Waals surface area contributed by atoms with Gasteiger partial charge in [0.15, 0.2) is 0 Å². The van der Waals surface area contributed by atoms with Crippen molar-refractivity contribution in [2.24, 2.45) is 0 Å². The number of hydrogen-bond acceptors (Lipinski definition) is 5. The topological polar surface area (TPSA) is 54.4 Å². The van der Waals surface area contributed by atoms with Crippen LogP contribution >= 0.6 is 11.3 Å². The van der Waals surface area contributed by atoms with Gasteiger partial charge in [-0.15, -0.1) is 11.3 Å². The van der Waals surface area contributed by atoms with Crippen LogP contribution in [0, 0.1) is 0 Å². The van der Waals surface area contributed by atoms with E-state index < -0.39 is 12.8 Å². The van der Waals surface area contributed by atoms with E-state index in [1.807, 2.05) is 43.4 Å². The molecule has 0 aliphatic carbocycles. The lowest BCUT2D eigenvalue weighted by atomic mass is 10.2. The third kappa shape index (κ3) is 3.60. The third-order valence-electron chi connectivity index (χ3n) is 3.40. The zero-order chi connectivity index (χ0) is 16.2. The Bertz CT molecular complexity index is 789. The van der Waals surface area contributed by atoms with Crippen LogP contribution in [0.2, 0.25) is 0 Å². The van der Waals surface area contributed by atoms with Crippen molar-refractivity contribution in [2.45, 2.75) is 6.10 Å². The lowest BCUT2D eigenvalue weighted by Gasteiger charge is -2.08. The average molecular weight is 332 g/mol. The molecule has 1 atom stereocenters. The van der Waals surface area contributed by atoms with Crippen LogP contribution in [-0.2, 0) is 0 Å². The van der Waals surface area contributed by atoms with Crippen molar-refractivity contribution in [3.8, 4) is 16.3 Å². The van der Waals surface area contributed by atoms with Crippen LogP contribution in [0.1, 0.15) is 0 Å². The molecule has 6 heteroatoms. The first-order valence-electron chi connectivity index (χ1n) is 7.25. The van der Waals surface area contributed by atoms with Crippen LogP contribution in [0.5, 0.6) is 5.75 Å². The largest absolute Gasteiger partial charge is 0.491 e. The Kier molecular flexibility index (Phi) is 4.73. The maximum absolute atomic E-state index is 12.2. The average Bonchev–Trinajstić information content (AvgIpc) is 3.03. The Morgan fingerprint density at radius 3 is 2.74 bits per heavy atom. The third-order valence-corrected chi connectivity index (χ3v) is 4.47. The van der Waals surface area contributed by atoms with Crippen molar-refractivity contribution in [3.05, 3.63) is 42.5 Å². The molecule has 0 spiro atoms. The van der Waals surface area contributed by atoms with Gasteiger partial charge in [0, 0.05) is 18.3 Å². The van der Waals surface area contributed by atoms with Gasteiger partial charge >= 0.3 is 0 Å². The summed E-state index contributed by atoms with van der Waals surface area (Å²) in [6.45, 7) is -0.866. The predicted octanol–water partition coefficient (Wildman–Crippen LogP) is 3.71. The molecule has 0 amide bonds. The zero-order valence-corrected chi connectivity index (χ0v) is 13.4. The standard InChI is InChI=1S/C17H17FN2O2S/c1-19-12-4-2-11(3-5-12)17-20-15-7-6-14(8-16(15)23-17)22-10-13(21)9-18/h2-8,13,19,21H,9-10H2,1H3/t13-/m0/s1. The van der Waals surface area contributed by atoms with Crippen LogP contribution in [0.4, 0.5) is 10.1 Å². The van der Waals surface area contributed by atoms with Gasteiger partial charge in [-0.05, 0) is 42.5 Å². The molecule has 4 nitrogen and oxygen atoms in total. The quantitative estimate of drug-likeness (QED) is 0.722. The second-order valence-electron chi connectivity index (χ2n) is 5.10. The Labute approximate surface area is 137 Å². The SMILES string of the molecule is CNc1ccc(-c2nc3ccc(OC[C@@H](O)CF)cc3s2)cc1. The van der Waals surface area contributed by atoms with Crippen molar-refractivity contribution < 1.29 is 14.2 Å². The minimum atomic E-state index is -1.09. The molecule has 2 N–H and O–H groups in total. The second kappa shape index (κ2) is 6.93. The van der Waals surface area contributed by atoms with E-state index in [2.05, 4.69) is 10.3 Å². The molecular weight excluding hydrogens is 315 g/mol. The van der Waals surface area contributed by atoms with Crippen molar-refractivity contribution in [1.29, 1.82) is 0 Å². The number of halogens is 1. The summed E-state index contributed by atoms with van der Waals surface area (Å²) in [4.78, 5) is 4.62. The highest BCUT2D eigenvalue weighted by Crippen LogP contribution is 2.32. The summed E-state index contributed by atoms with van der Waals surface area (Å²) in [7, 11) is 1.88. The van der Waals surface area contributed by atoms with Crippen LogP contribution in [0.3, 0.4) is 0 Å². The fourth-order valence-electron chi connectivity index (χ4n) is 2.13. The van der Waals surface area contributed by atoms with Crippen molar-refractivity contribution in [2.75, 3.05) is 25.6 Å². The number of aliphatic hydroxyl groups excluding tert-OH is 1. The van der Waals surface area contributed by atoms with Gasteiger partial charge < -0.3 is 15.2 Å². The molecule has 0 saturated carbocycles. The number of anilines is 1. The molecule has 0 unspecified atom stereocenters. The summed E-state index contributed by atoms with van der Waals surface area (Å²) in [5.74, 6) is 0.603. The number of benzene rings is 2. The Hall–Kier alpha value is -2.18. The van der Waals surface area contributed by atoms with Gasteiger partial charge in [-0.1, -0.05) is 0 Å². The number of nitrogens with one attached hydrogen (secondary N) is 1. The van der Waals surface area contributed by atoms with Crippen molar-refractivity contribution >= 4 is 27.2 Å². The highest BCUT2D eigenvalue weighted by molar-refractivity contribution is 7.21. The van der Waals surface area contributed by atoms with Gasteiger partial charge in [0.1, 0.15) is 30.1 Å². The molecule has 0 radical (unpaired) electrons. The van der Waals surface area contributed by atoms with E-state index in [0.717, 1.165) is 26.5 Å². The highest BCUT2D eigenvalue weighted by Gasteiger charge is 2.09. The molecule has 23 heavy (non-hydrogen) atoms. The molecule has 3 rings (SSSR count). The van der Waals surface area contributed by atoms with Crippen molar-refractivity contribution in [1.82, 2.24) is 4.98 Å². The van der Waals surface area contributed by atoms with Crippen LogP contribution in [-0.4, -0.2) is 36.5 Å². The maximum atomic E-state index is 12.2. The first-order chi connectivity index (χ1) is 11.2. The monoisotopic (exact) mass is 332 g/mol. The van der Waals surface area contributed by atoms with Gasteiger partial charge in [0.05, 0.1) is 10.2 Å². The van der Waals surface area contributed by atoms with E-state index in [1.165, 1.54) is 0 Å². The second-order valence-corrected chi connectivity index (χ2v) is 6.13. The van der Waals surface area contributed by atoms with E-state index in [0.29, 0.717) is 5.75 Å². The smallest absolute Gasteiger partial charge is 0.124 e. The molecule has 120 valence electrons. The van der Waals surface area contributed by atoms with E-state index in [9.17, 15) is 9.50 Å². The summed E-state index contributed by atoms with van der Waals surface area (Å²) in [5, 5.41) is 13.2. The molecule has 0 aliphatic heterocycles. The fraction of sp³-hybridized carbons (Fsp3) is 0.235. The number of hydrogen-bond donors (Lipinski definition) is 2. The van der Waals surface area contributed by atoms with E-state index >= 15 is 0 Å². The van der Waals surface area contributed by atoms with E-state index in [1.54, 1.807) is 17.4 Å². The number of alkyl halides is 1. The van der Waals surface area contributed by atoms with Crippen molar-refractivity contribution in [3.63, 3.8) is 0 Å². The normalized spacial score (nSPS) is 12.3. The number of rotatable bonds is 6. The van der Waals surface area contributed by atoms with Gasteiger partial charge in [0.25, 0.3) is 0 Å². The minimum absolute atomic E-state index is 0.0564. The Morgan fingerprint density at radius 2 is 2.04 bits per heavy atom. The molecule has 0 bridgehead atoms. The fourth-order valence-corrected chi connectivity index (χ4v) is 3.13. The number of aromatic nitrogens is 1. The molecule has 3 aromatic rings. The molecule has 1 aromatic heterocycles. The van der Waals surface area contributed by atoms with Gasteiger partial charge in [-0.3, -0.25) is 0 Å². The van der Waals surface area contributed by atoms with Crippen LogP contribution < -0.4 is 10.1 Å². The molecule has 0 saturated heterocycles. The number of nitrogens with zero attached hydrogens (tertiary/aromatic N) is 1. The number of ether oxygens (including phenoxy) is 1.